The van der Waals surface area contributed by atoms with E-state index >= 15 is 0 Å². The number of para-hydroxylation sites is 1. The third kappa shape index (κ3) is 6.53. The summed E-state index contributed by atoms with van der Waals surface area (Å²) in [5, 5.41) is 3.01. The predicted molar refractivity (Wildman–Crippen MR) is 149 cm³/mol. The van der Waals surface area contributed by atoms with Crippen molar-refractivity contribution in [1.82, 2.24) is 10.2 Å². The second-order valence-electron chi connectivity index (χ2n) is 9.19. The lowest BCUT2D eigenvalue weighted by atomic mass is 10.0. The minimum absolute atomic E-state index is 0.175. The molecule has 1 aliphatic heterocycles. The lowest BCUT2D eigenvalue weighted by Gasteiger charge is -2.31. The van der Waals surface area contributed by atoms with Crippen LogP contribution in [-0.4, -0.2) is 37.2 Å². The minimum Gasteiger partial charge on any atom is -0.497 e. The molecule has 0 aromatic heterocycles. The molecule has 0 saturated heterocycles. The first kappa shape index (κ1) is 26.6. The molecular formula is C32H30N2O6. The molecular weight excluding hydrogens is 508 g/mol. The molecule has 1 aliphatic rings. The Bertz CT molecular complexity index is 1430. The molecule has 8 nitrogen and oxygen atoms in total. The molecule has 5 rings (SSSR count). The molecule has 1 atom stereocenters. The summed E-state index contributed by atoms with van der Waals surface area (Å²) < 4.78 is 21.9. The molecule has 4 aromatic carbocycles. The Hall–Kier alpha value is -4.98. The van der Waals surface area contributed by atoms with E-state index in [9.17, 15) is 9.59 Å². The van der Waals surface area contributed by atoms with Crippen molar-refractivity contribution in [3.8, 4) is 23.0 Å². The topological polar surface area (TPSA) is 86.3 Å². The Labute approximate surface area is 233 Å². The summed E-state index contributed by atoms with van der Waals surface area (Å²) in [5.41, 5.74) is 2.38. The van der Waals surface area contributed by atoms with Gasteiger partial charge in [0.05, 0.1) is 7.11 Å². The van der Waals surface area contributed by atoms with Crippen molar-refractivity contribution in [2.45, 2.75) is 19.1 Å². The van der Waals surface area contributed by atoms with Gasteiger partial charge in [-0.2, -0.15) is 0 Å². The van der Waals surface area contributed by atoms with Gasteiger partial charge in [-0.15, -0.1) is 0 Å². The SMILES string of the molecule is COc1ccc(CN(C(=O)COc2ccccc2)C(C(=O)NCc2ccc3c(c2)OCO3)c2ccccc2)cc1. The summed E-state index contributed by atoms with van der Waals surface area (Å²) in [6.45, 7) is 0.398. The fourth-order valence-corrected chi connectivity index (χ4v) is 4.44. The number of ether oxygens (including phenoxy) is 4. The Morgan fingerprint density at radius 1 is 0.825 bits per heavy atom. The number of nitrogens with zero attached hydrogens (tertiary/aromatic N) is 1. The van der Waals surface area contributed by atoms with Crippen LogP contribution in [0.2, 0.25) is 0 Å². The van der Waals surface area contributed by atoms with Gasteiger partial charge in [-0.1, -0.05) is 66.7 Å². The number of hydrogen-bond acceptors (Lipinski definition) is 6. The van der Waals surface area contributed by atoms with Crippen molar-refractivity contribution in [2.24, 2.45) is 0 Å². The number of fused-ring (bicyclic) bond motifs is 1. The van der Waals surface area contributed by atoms with E-state index in [0.717, 1.165) is 11.1 Å². The Morgan fingerprint density at radius 3 is 2.23 bits per heavy atom. The number of benzene rings is 4. The Balaban J connectivity index is 1.41. The van der Waals surface area contributed by atoms with Crippen molar-refractivity contribution < 1.29 is 28.5 Å². The van der Waals surface area contributed by atoms with Crippen LogP contribution >= 0.6 is 0 Å². The number of carbonyl (C=O) groups excluding carboxylic acids is 2. The van der Waals surface area contributed by atoms with Gasteiger partial charge in [0, 0.05) is 13.1 Å². The summed E-state index contributed by atoms with van der Waals surface area (Å²) in [4.78, 5) is 29.1. The average Bonchev–Trinajstić information content (AvgIpc) is 3.48. The summed E-state index contributed by atoms with van der Waals surface area (Å²) in [7, 11) is 1.60. The quantitative estimate of drug-likeness (QED) is 0.293. The Kier molecular flexibility index (Phi) is 8.46. The molecule has 1 N–H and O–H groups in total. The highest BCUT2D eigenvalue weighted by Crippen LogP contribution is 2.32. The number of hydrogen-bond donors (Lipinski definition) is 1. The van der Waals surface area contributed by atoms with Crippen LogP contribution in [0.15, 0.2) is 103 Å². The second kappa shape index (κ2) is 12.7. The molecule has 0 spiro atoms. The van der Waals surface area contributed by atoms with E-state index in [1.54, 1.807) is 24.1 Å². The number of amides is 2. The molecule has 1 unspecified atom stereocenters. The summed E-state index contributed by atoms with van der Waals surface area (Å²) in [6, 6.07) is 30.4. The van der Waals surface area contributed by atoms with E-state index in [1.807, 2.05) is 91.0 Å². The van der Waals surface area contributed by atoms with Gasteiger partial charge in [0.2, 0.25) is 12.7 Å². The maximum Gasteiger partial charge on any atom is 0.261 e. The number of carbonyl (C=O) groups is 2. The van der Waals surface area contributed by atoms with Crippen molar-refractivity contribution >= 4 is 11.8 Å². The Morgan fingerprint density at radius 2 is 1.50 bits per heavy atom. The van der Waals surface area contributed by atoms with Crippen molar-refractivity contribution in [3.63, 3.8) is 0 Å². The lowest BCUT2D eigenvalue weighted by Crippen LogP contribution is -2.45. The fourth-order valence-electron chi connectivity index (χ4n) is 4.44. The summed E-state index contributed by atoms with van der Waals surface area (Å²) >= 11 is 0. The minimum atomic E-state index is -0.899. The first-order valence-corrected chi connectivity index (χ1v) is 12.9. The van der Waals surface area contributed by atoms with Crippen molar-refractivity contribution in [3.05, 3.63) is 120 Å². The van der Waals surface area contributed by atoms with Gasteiger partial charge >= 0.3 is 0 Å². The van der Waals surface area contributed by atoms with Gasteiger partial charge in [0.1, 0.15) is 17.5 Å². The number of rotatable bonds is 11. The van der Waals surface area contributed by atoms with Crippen molar-refractivity contribution in [1.29, 1.82) is 0 Å². The molecule has 204 valence electrons. The number of methoxy groups -OCH3 is 1. The van der Waals surface area contributed by atoms with Gasteiger partial charge in [-0.25, -0.2) is 0 Å². The van der Waals surface area contributed by atoms with E-state index in [0.29, 0.717) is 28.6 Å². The van der Waals surface area contributed by atoms with Crippen molar-refractivity contribution in [2.75, 3.05) is 20.5 Å². The maximum atomic E-state index is 13.8. The first-order valence-electron chi connectivity index (χ1n) is 12.9. The molecule has 40 heavy (non-hydrogen) atoms. The summed E-state index contributed by atoms with van der Waals surface area (Å²) in [5.74, 6) is 1.95. The van der Waals surface area contributed by atoms with Crippen LogP contribution in [0.3, 0.4) is 0 Å². The molecule has 4 aromatic rings. The molecule has 0 fully saturated rings. The van der Waals surface area contributed by atoms with E-state index in [4.69, 9.17) is 18.9 Å². The van der Waals surface area contributed by atoms with E-state index in [2.05, 4.69) is 5.32 Å². The largest absolute Gasteiger partial charge is 0.497 e. The number of nitrogens with one attached hydrogen (secondary N) is 1. The van der Waals surface area contributed by atoms with Crippen LogP contribution < -0.4 is 24.3 Å². The van der Waals surface area contributed by atoms with Gasteiger partial charge in [0.25, 0.3) is 5.91 Å². The maximum absolute atomic E-state index is 13.8. The highest BCUT2D eigenvalue weighted by atomic mass is 16.7. The van der Waals surface area contributed by atoms with Crippen LogP contribution in [0.4, 0.5) is 0 Å². The lowest BCUT2D eigenvalue weighted by molar-refractivity contribution is -0.143. The normalized spacial score (nSPS) is 12.3. The third-order valence-electron chi connectivity index (χ3n) is 6.52. The van der Waals surface area contributed by atoms with Gasteiger partial charge in [-0.3, -0.25) is 9.59 Å². The third-order valence-corrected chi connectivity index (χ3v) is 6.52. The highest BCUT2D eigenvalue weighted by Gasteiger charge is 2.32. The van der Waals surface area contributed by atoms with Gasteiger partial charge in [0.15, 0.2) is 18.1 Å². The zero-order chi connectivity index (χ0) is 27.7. The van der Waals surface area contributed by atoms with E-state index < -0.39 is 6.04 Å². The molecule has 0 bridgehead atoms. The standard InChI is InChI=1S/C32H30N2O6/c1-37-26-15-12-23(13-16-26)20-34(30(35)21-38-27-10-6-3-7-11-27)31(25-8-4-2-5-9-25)32(36)33-19-24-14-17-28-29(18-24)40-22-39-28/h2-18,31H,19-22H2,1H3,(H,33,36). The van der Waals surface area contributed by atoms with Crippen LogP contribution in [0.25, 0.3) is 0 Å². The first-order chi connectivity index (χ1) is 19.6. The zero-order valence-electron chi connectivity index (χ0n) is 22.1. The molecule has 0 aliphatic carbocycles. The highest BCUT2D eigenvalue weighted by molar-refractivity contribution is 5.89. The zero-order valence-corrected chi connectivity index (χ0v) is 22.1. The molecule has 8 heteroatoms. The predicted octanol–water partition coefficient (Wildman–Crippen LogP) is 4.89. The van der Waals surface area contributed by atoms with E-state index in [1.165, 1.54) is 0 Å². The molecule has 1 heterocycles. The van der Waals surface area contributed by atoms with Crippen LogP contribution in [0.5, 0.6) is 23.0 Å². The van der Waals surface area contributed by atoms with Crippen LogP contribution in [0.1, 0.15) is 22.7 Å². The van der Waals surface area contributed by atoms with Gasteiger partial charge in [-0.05, 0) is 53.1 Å². The molecule has 0 saturated carbocycles. The van der Waals surface area contributed by atoms with Crippen LogP contribution in [-0.2, 0) is 22.7 Å². The fraction of sp³-hybridized carbons (Fsp3) is 0.188. The molecule has 0 radical (unpaired) electrons. The smallest absolute Gasteiger partial charge is 0.261 e. The van der Waals surface area contributed by atoms with Crippen LogP contribution in [0, 0.1) is 0 Å². The monoisotopic (exact) mass is 538 g/mol. The average molecular weight is 539 g/mol. The van der Waals surface area contributed by atoms with E-state index in [-0.39, 0.29) is 38.3 Å². The van der Waals surface area contributed by atoms with Gasteiger partial charge < -0.3 is 29.2 Å². The second-order valence-corrected chi connectivity index (χ2v) is 9.19. The summed E-state index contributed by atoms with van der Waals surface area (Å²) in [6.07, 6.45) is 0. The molecule has 2 amide bonds.